The number of piperazine rings is 1. The first kappa shape index (κ1) is 13.8. The summed E-state index contributed by atoms with van der Waals surface area (Å²) >= 11 is 0. The fourth-order valence-electron chi connectivity index (χ4n) is 3.31. The van der Waals surface area contributed by atoms with Crippen LogP contribution in [0.1, 0.15) is 30.9 Å². The molecule has 0 spiro atoms. The molecule has 0 N–H and O–H groups in total. The molecule has 2 aliphatic heterocycles. The molecule has 1 aromatic heterocycles. The van der Waals surface area contributed by atoms with Crippen LogP contribution in [0.15, 0.2) is 18.3 Å². The van der Waals surface area contributed by atoms with Crippen molar-refractivity contribution in [1.82, 2.24) is 14.8 Å². The summed E-state index contributed by atoms with van der Waals surface area (Å²) in [5, 5.41) is 0. The van der Waals surface area contributed by atoms with Crippen LogP contribution in [0.4, 0.5) is 5.82 Å². The van der Waals surface area contributed by atoms with E-state index in [1.807, 2.05) is 0 Å². The van der Waals surface area contributed by atoms with Crippen LogP contribution < -0.4 is 4.90 Å². The van der Waals surface area contributed by atoms with Crippen molar-refractivity contribution in [3.63, 3.8) is 0 Å². The zero-order chi connectivity index (χ0) is 13.9. The Morgan fingerprint density at radius 2 is 1.80 bits per heavy atom. The van der Waals surface area contributed by atoms with E-state index in [1.165, 1.54) is 31.4 Å². The topological polar surface area (TPSA) is 22.6 Å². The lowest BCUT2D eigenvalue weighted by molar-refractivity contribution is 0.187. The average Bonchev–Trinajstić information content (AvgIpc) is 2.49. The minimum atomic E-state index is 0.567. The number of piperidine rings is 1. The van der Waals surface area contributed by atoms with E-state index in [0.717, 1.165) is 32.0 Å². The zero-order valence-corrected chi connectivity index (χ0v) is 12.8. The molecule has 2 saturated heterocycles. The summed E-state index contributed by atoms with van der Waals surface area (Å²) < 4.78 is 0. The molecule has 1 aromatic rings. The van der Waals surface area contributed by atoms with Gasteiger partial charge in [0.2, 0.25) is 0 Å². The Balaban J connectivity index is 1.68. The van der Waals surface area contributed by atoms with Crippen molar-refractivity contribution in [2.45, 2.75) is 25.3 Å². The van der Waals surface area contributed by atoms with Crippen molar-refractivity contribution in [1.29, 1.82) is 0 Å². The lowest BCUT2D eigenvalue weighted by Gasteiger charge is -2.34. The van der Waals surface area contributed by atoms with Crippen LogP contribution in [-0.4, -0.2) is 61.6 Å². The molecule has 0 saturated carbocycles. The van der Waals surface area contributed by atoms with Gasteiger partial charge in [-0.1, -0.05) is 12.5 Å². The van der Waals surface area contributed by atoms with E-state index in [2.05, 4.69) is 47.1 Å². The van der Waals surface area contributed by atoms with Crippen LogP contribution in [-0.2, 0) is 0 Å². The Bertz CT molecular complexity index is 423. The Kier molecular flexibility index (Phi) is 4.22. The summed E-state index contributed by atoms with van der Waals surface area (Å²) in [5.41, 5.74) is 1.38. The van der Waals surface area contributed by atoms with Crippen molar-refractivity contribution in [3.8, 4) is 0 Å². The van der Waals surface area contributed by atoms with Gasteiger partial charge in [-0.3, -0.25) is 4.90 Å². The Labute approximate surface area is 122 Å². The summed E-state index contributed by atoms with van der Waals surface area (Å²) in [4.78, 5) is 12.0. The second-order valence-corrected chi connectivity index (χ2v) is 6.23. The molecular formula is C16H26N4. The summed E-state index contributed by atoms with van der Waals surface area (Å²) in [5.74, 6) is 1.14. The van der Waals surface area contributed by atoms with Gasteiger partial charge >= 0.3 is 0 Å². The van der Waals surface area contributed by atoms with E-state index >= 15 is 0 Å². The third-order valence-corrected chi connectivity index (χ3v) is 4.75. The van der Waals surface area contributed by atoms with Crippen LogP contribution in [0, 0.1) is 0 Å². The maximum absolute atomic E-state index is 4.72. The molecule has 4 heteroatoms. The first-order valence-electron chi connectivity index (χ1n) is 7.84. The molecule has 110 valence electrons. The van der Waals surface area contributed by atoms with Crippen LogP contribution in [0.25, 0.3) is 0 Å². The fraction of sp³-hybridized carbons (Fsp3) is 0.688. The smallest absolute Gasteiger partial charge is 0.128 e. The Morgan fingerprint density at radius 3 is 2.45 bits per heavy atom. The maximum atomic E-state index is 4.72. The van der Waals surface area contributed by atoms with E-state index in [-0.39, 0.29) is 0 Å². The number of rotatable bonds is 2. The summed E-state index contributed by atoms with van der Waals surface area (Å²) in [6.45, 7) is 5.66. The number of nitrogens with zero attached hydrogens (tertiary/aromatic N) is 4. The molecule has 2 aliphatic rings. The fourth-order valence-corrected chi connectivity index (χ4v) is 3.31. The molecule has 2 fully saturated rings. The van der Waals surface area contributed by atoms with E-state index in [4.69, 9.17) is 4.98 Å². The van der Waals surface area contributed by atoms with Gasteiger partial charge in [0.25, 0.3) is 0 Å². The van der Waals surface area contributed by atoms with E-state index in [0.29, 0.717) is 6.04 Å². The standard InChI is InChI=1S/C16H26N4/c1-18-9-11-20(12-10-18)16-7-6-14(13-17-16)15-5-3-4-8-19(15)2/h6-7,13,15H,3-5,8-12H2,1-2H3. The minimum absolute atomic E-state index is 0.567. The maximum Gasteiger partial charge on any atom is 0.128 e. The Morgan fingerprint density at radius 1 is 1.00 bits per heavy atom. The molecule has 3 rings (SSSR count). The van der Waals surface area contributed by atoms with Crippen LogP contribution >= 0.6 is 0 Å². The highest BCUT2D eigenvalue weighted by Gasteiger charge is 2.21. The predicted molar refractivity (Wildman–Crippen MR) is 83.2 cm³/mol. The highest BCUT2D eigenvalue weighted by atomic mass is 15.3. The SMILES string of the molecule is CN1CCN(c2ccc(C3CCCCN3C)cn2)CC1. The molecule has 0 radical (unpaired) electrons. The van der Waals surface area contributed by atoms with Gasteiger partial charge in [0.05, 0.1) is 0 Å². The van der Waals surface area contributed by atoms with Crippen LogP contribution in [0.2, 0.25) is 0 Å². The number of pyridine rings is 1. The highest BCUT2D eigenvalue weighted by Crippen LogP contribution is 2.29. The second kappa shape index (κ2) is 6.10. The third kappa shape index (κ3) is 2.96. The van der Waals surface area contributed by atoms with Crippen LogP contribution in [0.5, 0.6) is 0 Å². The van der Waals surface area contributed by atoms with Gasteiger partial charge < -0.3 is 9.80 Å². The van der Waals surface area contributed by atoms with E-state index in [1.54, 1.807) is 0 Å². The molecule has 3 heterocycles. The van der Waals surface area contributed by atoms with Crippen LogP contribution in [0.3, 0.4) is 0 Å². The lowest BCUT2D eigenvalue weighted by Crippen LogP contribution is -2.44. The molecule has 0 aromatic carbocycles. The van der Waals surface area contributed by atoms with Gasteiger partial charge in [0, 0.05) is 38.4 Å². The van der Waals surface area contributed by atoms with Gasteiger partial charge in [0.1, 0.15) is 5.82 Å². The quantitative estimate of drug-likeness (QED) is 0.822. The highest BCUT2D eigenvalue weighted by molar-refractivity contribution is 5.40. The summed E-state index contributed by atoms with van der Waals surface area (Å²) in [6.07, 6.45) is 6.04. The van der Waals surface area contributed by atoms with E-state index in [9.17, 15) is 0 Å². The van der Waals surface area contributed by atoms with Crippen molar-refractivity contribution in [2.75, 3.05) is 51.7 Å². The molecule has 4 nitrogen and oxygen atoms in total. The summed E-state index contributed by atoms with van der Waals surface area (Å²) in [6, 6.07) is 5.06. The van der Waals surface area contributed by atoms with Gasteiger partial charge in [-0.25, -0.2) is 4.98 Å². The largest absolute Gasteiger partial charge is 0.354 e. The Hall–Kier alpha value is -1.13. The molecule has 0 amide bonds. The van der Waals surface area contributed by atoms with Gasteiger partial charge in [-0.2, -0.15) is 0 Å². The first-order valence-corrected chi connectivity index (χ1v) is 7.84. The molecular weight excluding hydrogens is 248 g/mol. The van der Waals surface area contributed by atoms with Gasteiger partial charge in [-0.05, 0) is 45.1 Å². The van der Waals surface area contributed by atoms with Crippen molar-refractivity contribution >= 4 is 5.82 Å². The van der Waals surface area contributed by atoms with Gasteiger partial charge in [-0.15, -0.1) is 0 Å². The monoisotopic (exact) mass is 274 g/mol. The number of likely N-dealkylation sites (tertiary alicyclic amines) is 1. The number of hydrogen-bond acceptors (Lipinski definition) is 4. The molecule has 20 heavy (non-hydrogen) atoms. The number of aromatic nitrogens is 1. The average molecular weight is 274 g/mol. The molecule has 0 aliphatic carbocycles. The second-order valence-electron chi connectivity index (χ2n) is 6.23. The lowest BCUT2D eigenvalue weighted by atomic mass is 9.97. The van der Waals surface area contributed by atoms with Gasteiger partial charge in [0.15, 0.2) is 0 Å². The van der Waals surface area contributed by atoms with Crippen molar-refractivity contribution in [2.24, 2.45) is 0 Å². The zero-order valence-electron chi connectivity index (χ0n) is 12.8. The van der Waals surface area contributed by atoms with Crippen molar-refractivity contribution in [3.05, 3.63) is 23.9 Å². The normalized spacial score (nSPS) is 25.9. The van der Waals surface area contributed by atoms with E-state index < -0.39 is 0 Å². The number of likely N-dealkylation sites (N-methyl/N-ethyl adjacent to an activating group) is 1. The first-order chi connectivity index (χ1) is 9.74. The predicted octanol–water partition coefficient (Wildman–Crippen LogP) is 1.99. The number of anilines is 1. The molecule has 1 atom stereocenters. The third-order valence-electron chi connectivity index (χ3n) is 4.75. The van der Waals surface area contributed by atoms with Crippen molar-refractivity contribution < 1.29 is 0 Å². The molecule has 0 bridgehead atoms. The summed E-state index contributed by atoms with van der Waals surface area (Å²) in [7, 11) is 4.42. The number of hydrogen-bond donors (Lipinski definition) is 0. The molecule has 1 unspecified atom stereocenters. The minimum Gasteiger partial charge on any atom is -0.354 e.